The molecule has 3 rings (SSSR count). The van der Waals surface area contributed by atoms with E-state index < -0.39 is 0 Å². The molecule has 0 aliphatic rings. The SMILES string of the molecule is C=CCn1c(CSCc2ccc(F)cc2)nnc1SCC(=O)Nc1cccc(C)c1. The highest BCUT2D eigenvalue weighted by Gasteiger charge is 2.14. The van der Waals surface area contributed by atoms with Crippen LogP contribution in [-0.4, -0.2) is 26.4 Å². The van der Waals surface area contributed by atoms with Crippen LogP contribution in [0.1, 0.15) is 17.0 Å². The Hall–Kier alpha value is -2.58. The molecule has 1 heterocycles. The fourth-order valence-corrected chi connectivity index (χ4v) is 4.43. The minimum atomic E-state index is -0.234. The first-order valence-corrected chi connectivity index (χ1v) is 11.5. The van der Waals surface area contributed by atoms with Gasteiger partial charge in [0.05, 0.1) is 11.5 Å². The second kappa shape index (κ2) is 11.0. The number of aryl methyl sites for hydroxylation is 1. The molecule has 0 spiro atoms. The summed E-state index contributed by atoms with van der Waals surface area (Å²) in [5.41, 5.74) is 2.93. The Balaban J connectivity index is 1.55. The van der Waals surface area contributed by atoms with E-state index in [4.69, 9.17) is 0 Å². The van der Waals surface area contributed by atoms with Crippen molar-refractivity contribution in [1.29, 1.82) is 0 Å². The number of nitrogens with one attached hydrogen (secondary N) is 1. The Morgan fingerprint density at radius 2 is 2.00 bits per heavy atom. The molecule has 8 heteroatoms. The van der Waals surface area contributed by atoms with Crippen molar-refractivity contribution in [3.05, 3.63) is 84.0 Å². The van der Waals surface area contributed by atoms with E-state index in [1.807, 2.05) is 35.8 Å². The van der Waals surface area contributed by atoms with Crippen LogP contribution in [0.3, 0.4) is 0 Å². The van der Waals surface area contributed by atoms with E-state index in [0.717, 1.165) is 28.4 Å². The van der Waals surface area contributed by atoms with Crippen molar-refractivity contribution < 1.29 is 9.18 Å². The zero-order valence-electron chi connectivity index (χ0n) is 16.7. The van der Waals surface area contributed by atoms with E-state index in [1.54, 1.807) is 30.0 Å². The van der Waals surface area contributed by atoms with E-state index in [9.17, 15) is 9.18 Å². The molecule has 5 nitrogen and oxygen atoms in total. The Kier molecular flexibility index (Phi) is 8.10. The summed E-state index contributed by atoms with van der Waals surface area (Å²) in [6.07, 6.45) is 1.79. The number of carbonyl (C=O) groups is 1. The molecule has 1 amide bonds. The van der Waals surface area contributed by atoms with Gasteiger partial charge in [0.15, 0.2) is 5.16 Å². The predicted octanol–water partition coefficient (Wildman–Crippen LogP) is 5.08. The molecule has 0 saturated heterocycles. The molecule has 0 radical (unpaired) electrons. The van der Waals surface area contributed by atoms with Gasteiger partial charge in [-0.3, -0.25) is 4.79 Å². The van der Waals surface area contributed by atoms with Gasteiger partial charge in [-0.2, -0.15) is 0 Å². The fraction of sp³-hybridized carbons (Fsp3) is 0.227. The molecule has 0 aliphatic heterocycles. The maximum Gasteiger partial charge on any atom is 0.234 e. The maximum absolute atomic E-state index is 13.0. The van der Waals surface area contributed by atoms with Gasteiger partial charge in [-0.1, -0.05) is 42.1 Å². The first-order chi connectivity index (χ1) is 14.5. The van der Waals surface area contributed by atoms with Gasteiger partial charge in [-0.15, -0.1) is 28.5 Å². The van der Waals surface area contributed by atoms with Crippen LogP contribution in [0, 0.1) is 12.7 Å². The number of nitrogens with zero attached hydrogens (tertiary/aromatic N) is 3. The van der Waals surface area contributed by atoms with Crippen LogP contribution in [0.25, 0.3) is 0 Å². The van der Waals surface area contributed by atoms with Crippen LogP contribution in [0.15, 0.2) is 66.3 Å². The highest BCUT2D eigenvalue weighted by atomic mass is 32.2. The van der Waals surface area contributed by atoms with E-state index in [2.05, 4.69) is 22.1 Å². The number of rotatable bonds is 10. The molecule has 0 aliphatic carbocycles. The van der Waals surface area contributed by atoms with Crippen LogP contribution >= 0.6 is 23.5 Å². The highest BCUT2D eigenvalue weighted by molar-refractivity contribution is 7.99. The largest absolute Gasteiger partial charge is 0.325 e. The molecule has 156 valence electrons. The van der Waals surface area contributed by atoms with Gasteiger partial charge in [0, 0.05) is 18.0 Å². The van der Waals surface area contributed by atoms with Crippen molar-refractivity contribution in [1.82, 2.24) is 14.8 Å². The Morgan fingerprint density at radius 1 is 1.20 bits per heavy atom. The molecular weight excluding hydrogens is 419 g/mol. The lowest BCUT2D eigenvalue weighted by Gasteiger charge is -2.08. The Bertz CT molecular complexity index is 1000. The van der Waals surface area contributed by atoms with Crippen LogP contribution in [0.5, 0.6) is 0 Å². The second-order valence-corrected chi connectivity index (χ2v) is 8.55. The van der Waals surface area contributed by atoms with Crippen molar-refractivity contribution in [2.75, 3.05) is 11.1 Å². The predicted molar refractivity (Wildman–Crippen MR) is 122 cm³/mol. The molecule has 2 aromatic carbocycles. The van der Waals surface area contributed by atoms with Crippen molar-refractivity contribution in [3.8, 4) is 0 Å². The number of benzene rings is 2. The van der Waals surface area contributed by atoms with Crippen LogP contribution in [0.4, 0.5) is 10.1 Å². The molecule has 0 unspecified atom stereocenters. The Labute approximate surface area is 184 Å². The topological polar surface area (TPSA) is 59.8 Å². The number of halogens is 1. The minimum absolute atomic E-state index is 0.0917. The monoisotopic (exact) mass is 442 g/mol. The van der Waals surface area contributed by atoms with Crippen LogP contribution in [-0.2, 0) is 22.8 Å². The third kappa shape index (κ3) is 6.47. The molecule has 30 heavy (non-hydrogen) atoms. The van der Waals surface area contributed by atoms with E-state index in [-0.39, 0.29) is 17.5 Å². The number of anilines is 1. The van der Waals surface area contributed by atoms with Crippen molar-refractivity contribution in [2.45, 2.75) is 30.1 Å². The zero-order chi connectivity index (χ0) is 21.3. The smallest absolute Gasteiger partial charge is 0.234 e. The van der Waals surface area contributed by atoms with Gasteiger partial charge in [0.2, 0.25) is 5.91 Å². The Morgan fingerprint density at radius 3 is 2.73 bits per heavy atom. The number of hydrogen-bond acceptors (Lipinski definition) is 5. The zero-order valence-corrected chi connectivity index (χ0v) is 18.3. The molecule has 0 bridgehead atoms. The van der Waals surface area contributed by atoms with Crippen molar-refractivity contribution in [2.24, 2.45) is 0 Å². The maximum atomic E-state index is 13.0. The summed E-state index contributed by atoms with van der Waals surface area (Å²) < 4.78 is 15.0. The quantitative estimate of drug-likeness (QED) is 0.351. The summed E-state index contributed by atoms with van der Waals surface area (Å²) >= 11 is 3.03. The number of aromatic nitrogens is 3. The molecule has 0 atom stereocenters. The summed E-state index contributed by atoms with van der Waals surface area (Å²) in [6.45, 7) is 6.36. The average molecular weight is 443 g/mol. The standard InChI is InChI=1S/C22H23FN4OS2/c1-3-11-27-20(14-29-13-17-7-9-18(23)10-8-17)25-26-22(27)30-15-21(28)24-19-6-4-5-16(2)12-19/h3-10,12H,1,11,13-15H2,2H3,(H,24,28). The first-order valence-electron chi connectivity index (χ1n) is 9.39. The number of allylic oxidation sites excluding steroid dienone is 1. The summed E-state index contributed by atoms with van der Waals surface area (Å²) in [4.78, 5) is 12.3. The molecule has 0 saturated carbocycles. The first kappa shape index (κ1) is 22.1. The van der Waals surface area contributed by atoms with Crippen LogP contribution < -0.4 is 5.32 Å². The fourth-order valence-electron chi connectivity index (χ4n) is 2.74. The second-order valence-electron chi connectivity index (χ2n) is 6.62. The summed E-state index contributed by atoms with van der Waals surface area (Å²) in [5.74, 6) is 2.15. The lowest BCUT2D eigenvalue weighted by atomic mass is 10.2. The lowest BCUT2D eigenvalue weighted by molar-refractivity contribution is -0.113. The van der Waals surface area contributed by atoms with E-state index in [0.29, 0.717) is 17.5 Å². The third-order valence-corrected chi connectivity index (χ3v) is 6.12. The summed E-state index contributed by atoms with van der Waals surface area (Å²) in [5, 5.41) is 12.1. The number of carbonyl (C=O) groups excluding carboxylic acids is 1. The number of amides is 1. The van der Waals surface area contributed by atoms with Gasteiger partial charge in [-0.25, -0.2) is 4.39 Å². The molecular formula is C22H23FN4OS2. The van der Waals surface area contributed by atoms with Gasteiger partial charge < -0.3 is 9.88 Å². The van der Waals surface area contributed by atoms with Gasteiger partial charge in [0.1, 0.15) is 11.6 Å². The lowest BCUT2D eigenvalue weighted by Crippen LogP contribution is -2.14. The summed E-state index contributed by atoms with van der Waals surface area (Å²) in [6, 6.07) is 14.2. The summed E-state index contributed by atoms with van der Waals surface area (Å²) in [7, 11) is 0. The van der Waals surface area contributed by atoms with Crippen molar-refractivity contribution in [3.63, 3.8) is 0 Å². The van der Waals surface area contributed by atoms with Crippen molar-refractivity contribution >= 4 is 35.1 Å². The number of thioether (sulfide) groups is 2. The average Bonchev–Trinajstić information content (AvgIpc) is 3.10. The molecule has 3 aromatic rings. The molecule has 1 N–H and O–H groups in total. The third-order valence-electron chi connectivity index (χ3n) is 4.15. The van der Waals surface area contributed by atoms with Gasteiger partial charge in [-0.05, 0) is 42.3 Å². The number of hydrogen-bond donors (Lipinski definition) is 1. The van der Waals surface area contributed by atoms with E-state index >= 15 is 0 Å². The van der Waals surface area contributed by atoms with Gasteiger partial charge in [0.25, 0.3) is 0 Å². The minimum Gasteiger partial charge on any atom is -0.325 e. The van der Waals surface area contributed by atoms with E-state index in [1.165, 1.54) is 23.9 Å². The highest BCUT2D eigenvalue weighted by Crippen LogP contribution is 2.22. The van der Waals surface area contributed by atoms with Gasteiger partial charge >= 0.3 is 0 Å². The normalized spacial score (nSPS) is 10.7. The molecule has 1 aromatic heterocycles. The van der Waals surface area contributed by atoms with Crippen LogP contribution in [0.2, 0.25) is 0 Å². The molecule has 0 fully saturated rings.